The number of halogens is 2. The highest BCUT2D eigenvalue weighted by Crippen LogP contribution is 2.47. The van der Waals surface area contributed by atoms with Gasteiger partial charge in [-0.05, 0) is 89.7 Å². The van der Waals surface area contributed by atoms with Crippen LogP contribution in [0.15, 0.2) is 48.5 Å². The topological polar surface area (TPSA) is 49.8 Å². The molecule has 2 aliphatic rings. The maximum absolute atomic E-state index is 15.5. The SMILES string of the molecule is C[C@@H]1[C@@H]([Si](C)(C)F)[C@H](CC(=O)N2Cc3ccccc3C[C@H]2CO)O[C@@H]1CCc1cccc(I)c1. The Hall–Kier alpha value is -1.29. The third kappa shape index (κ3) is 5.74. The van der Waals surface area contributed by atoms with Gasteiger partial charge >= 0.3 is 0 Å². The van der Waals surface area contributed by atoms with Crippen molar-refractivity contribution in [3.05, 3.63) is 68.8 Å². The normalized spacial score (nSPS) is 27.0. The second kappa shape index (κ2) is 10.8. The molecule has 1 N–H and O–H groups in total. The van der Waals surface area contributed by atoms with E-state index in [0.717, 1.165) is 18.4 Å². The molecule has 7 heteroatoms. The first kappa shape index (κ1) is 25.8. The second-order valence-electron chi connectivity index (χ2n) is 10.4. The summed E-state index contributed by atoms with van der Waals surface area (Å²) >= 11 is 2.32. The second-order valence-corrected chi connectivity index (χ2v) is 15.4. The van der Waals surface area contributed by atoms with Gasteiger partial charge < -0.3 is 18.9 Å². The molecule has 1 saturated heterocycles. The van der Waals surface area contributed by atoms with E-state index in [1.807, 2.05) is 18.2 Å². The maximum atomic E-state index is 15.5. The van der Waals surface area contributed by atoms with Crippen LogP contribution >= 0.6 is 22.6 Å². The predicted molar refractivity (Wildman–Crippen MR) is 144 cm³/mol. The first-order valence-corrected chi connectivity index (χ1v) is 16.3. The number of hydrogen-bond donors (Lipinski definition) is 1. The van der Waals surface area contributed by atoms with Gasteiger partial charge in [0.1, 0.15) is 0 Å². The van der Waals surface area contributed by atoms with Gasteiger partial charge in [0.05, 0.1) is 31.3 Å². The molecule has 0 unspecified atom stereocenters. The van der Waals surface area contributed by atoms with Crippen molar-refractivity contribution in [2.24, 2.45) is 5.92 Å². The van der Waals surface area contributed by atoms with Crippen LogP contribution in [0.4, 0.5) is 4.11 Å². The molecule has 2 aliphatic heterocycles. The van der Waals surface area contributed by atoms with Crippen LogP contribution in [0.3, 0.4) is 0 Å². The molecule has 0 aliphatic carbocycles. The van der Waals surface area contributed by atoms with Crippen LogP contribution in [0, 0.1) is 9.49 Å². The van der Waals surface area contributed by atoms with E-state index in [-0.39, 0.29) is 42.5 Å². The Morgan fingerprint density at radius 1 is 1.18 bits per heavy atom. The van der Waals surface area contributed by atoms with Gasteiger partial charge in [-0.1, -0.05) is 43.3 Å². The molecule has 0 saturated carbocycles. The van der Waals surface area contributed by atoms with Crippen LogP contribution in [0.2, 0.25) is 18.6 Å². The maximum Gasteiger partial charge on any atom is 0.246 e. The quantitative estimate of drug-likeness (QED) is 0.261. The molecule has 5 atom stereocenters. The minimum atomic E-state index is -3.05. The number of ether oxygens (including phenoxy) is 1. The van der Waals surface area contributed by atoms with Gasteiger partial charge in [-0.25, -0.2) is 0 Å². The third-order valence-corrected chi connectivity index (χ3v) is 10.7. The summed E-state index contributed by atoms with van der Waals surface area (Å²) in [6.45, 7) is 5.98. The first-order chi connectivity index (χ1) is 16.2. The van der Waals surface area contributed by atoms with Crippen LogP contribution in [0.5, 0.6) is 0 Å². The highest BCUT2D eigenvalue weighted by atomic mass is 127. The molecule has 0 spiro atoms. The molecule has 2 aromatic carbocycles. The fourth-order valence-electron chi connectivity index (χ4n) is 5.91. The average molecular weight is 596 g/mol. The number of nitrogens with zero attached hydrogens (tertiary/aromatic N) is 1. The standard InChI is InChI=1S/C27H35FINO3Si/c1-18-24(12-11-19-7-6-10-22(29)13-19)33-25(27(18)34(2,3)28)15-26(32)30-16-21-9-5-4-8-20(21)14-23(30)17-31/h4-10,13,18,23-25,27,31H,11-12,14-17H2,1-3H3/t18-,23-,24+,25-,27+/m0/s1. The van der Waals surface area contributed by atoms with Crippen molar-refractivity contribution in [3.8, 4) is 0 Å². The number of rotatable bonds is 7. The summed E-state index contributed by atoms with van der Waals surface area (Å²) in [6.07, 6.45) is 2.05. The first-order valence-electron chi connectivity index (χ1n) is 12.2. The van der Waals surface area contributed by atoms with Crippen molar-refractivity contribution in [2.75, 3.05) is 6.61 Å². The molecule has 2 aromatic rings. The Kier molecular flexibility index (Phi) is 8.16. The summed E-state index contributed by atoms with van der Waals surface area (Å²) in [4.78, 5) is 15.2. The number of fused-ring (bicyclic) bond motifs is 1. The van der Waals surface area contributed by atoms with E-state index in [1.165, 1.54) is 14.7 Å². The van der Waals surface area contributed by atoms with Crippen molar-refractivity contribution < 1.29 is 18.7 Å². The van der Waals surface area contributed by atoms with Gasteiger partial charge in [-0.3, -0.25) is 4.79 Å². The minimum absolute atomic E-state index is 0.0488. The lowest BCUT2D eigenvalue weighted by atomic mass is 9.93. The van der Waals surface area contributed by atoms with Gasteiger partial charge in [-0.15, -0.1) is 0 Å². The summed E-state index contributed by atoms with van der Waals surface area (Å²) in [5.41, 5.74) is 3.34. The Labute approximate surface area is 217 Å². The van der Waals surface area contributed by atoms with E-state index in [0.29, 0.717) is 13.0 Å². The fraction of sp³-hybridized carbons (Fsp3) is 0.519. The molecule has 1 fully saturated rings. The van der Waals surface area contributed by atoms with Crippen LogP contribution in [-0.2, 0) is 28.9 Å². The summed E-state index contributed by atoms with van der Waals surface area (Å²) in [7, 11) is -3.05. The van der Waals surface area contributed by atoms with Gasteiger partial charge in [0.25, 0.3) is 0 Å². The zero-order chi connectivity index (χ0) is 24.5. The fourth-order valence-corrected chi connectivity index (χ4v) is 9.06. The van der Waals surface area contributed by atoms with Crippen molar-refractivity contribution >= 4 is 36.9 Å². The number of aliphatic hydroxyl groups excluding tert-OH is 1. The van der Waals surface area contributed by atoms with Crippen LogP contribution < -0.4 is 0 Å². The van der Waals surface area contributed by atoms with E-state index >= 15 is 4.11 Å². The minimum Gasteiger partial charge on any atom is -0.394 e. The monoisotopic (exact) mass is 595 g/mol. The summed E-state index contributed by atoms with van der Waals surface area (Å²) in [5, 5.41) is 9.98. The summed E-state index contributed by atoms with van der Waals surface area (Å²) in [5.74, 6) is 0.0234. The van der Waals surface area contributed by atoms with Gasteiger partial charge in [0, 0.05) is 15.7 Å². The number of benzene rings is 2. The zero-order valence-electron chi connectivity index (χ0n) is 20.2. The summed E-state index contributed by atoms with van der Waals surface area (Å²) in [6, 6.07) is 16.3. The van der Waals surface area contributed by atoms with Crippen LogP contribution in [0.25, 0.3) is 0 Å². The molecular weight excluding hydrogens is 560 g/mol. The van der Waals surface area contributed by atoms with E-state index in [1.54, 1.807) is 18.0 Å². The van der Waals surface area contributed by atoms with Crippen LogP contribution in [-0.4, -0.2) is 49.2 Å². The summed E-state index contributed by atoms with van der Waals surface area (Å²) < 4.78 is 23.2. The molecule has 0 radical (unpaired) electrons. The largest absolute Gasteiger partial charge is 0.394 e. The molecule has 4 nitrogen and oxygen atoms in total. The van der Waals surface area contributed by atoms with Crippen molar-refractivity contribution in [3.63, 3.8) is 0 Å². The highest BCUT2D eigenvalue weighted by Gasteiger charge is 2.52. The number of carbonyl (C=O) groups is 1. The molecule has 0 bridgehead atoms. The number of hydrogen-bond acceptors (Lipinski definition) is 3. The average Bonchev–Trinajstić information content (AvgIpc) is 3.11. The lowest BCUT2D eigenvalue weighted by Gasteiger charge is -2.37. The van der Waals surface area contributed by atoms with E-state index < -0.39 is 14.5 Å². The lowest BCUT2D eigenvalue weighted by molar-refractivity contribution is -0.138. The molecule has 0 aromatic heterocycles. The van der Waals surface area contributed by atoms with Gasteiger partial charge in [-0.2, -0.15) is 0 Å². The molecule has 184 valence electrons. The van der Waals surface area contributed by atoms with Crippen LogP contribution in [0.1, 0.15) is 36.5 Å². The molecule has 34 heavy (non-hydrogen) atoms. The van der Waals surface area contributed by atoms with Gasteiger partial charge in [0.2, 0.25) is 14.3 Å². The zero-order valence-corrected chi connectivity index (χ0v) is 23.4. The molecule has 4 rings (SSSR count). The van der Waals surface area contributed by atoms with E-state index in [2.05, 4.69) is 59.8 Å². The smallest absolute Gasteiger partial charge is 0.246 e. The van der Waals surface area contributed by atoms with E-state index in [9.17, 15) is 9.90 Å². The van der Waals surface area contributed by atoms with Crippen molar-refractivity contribution in [2.45, 2.75) is 76.0 Å². The third-order valence-electron chi connectivity index (χ3n) is 7.56. The van der Waals surface area contributed by atoms with Gasteiger partial charge in [0.15, 0.2) is 0 Å². The highest BCUT2D eigenvalue weighted by molar-refractivity contribution is 14.1. The van der Waals surface area contributed by atoms with Crippen molar-refractivity contribution in [1.82, 2.24) is 4.90 Å². The Balaban J connectivity index is 1.47. The number of amides is 1. The van der Waals surface area contributed by atoms with E-state index in [4.69, 9.17) is 4.74 Å². The Morgan fingerprint density at radius 3 is 2.59 bits per heavy atom. The predicted octanol–water partition coefficient (Wildman–Crippen LogP) is 5.51. The Morgan fingerprint density at radius 2 is 1.91 bits per heavy atom. The van der Waals surface area contributed by atoms with Crippen molar-refractivity contribution in [1.29, 1.82) is 0 Å². The Bertz CT molecular complexity index is 1010. The number of aryl methyl sites for hydroxylation is 1. The molecule has 1 amide bonds. The number of aliphatic hydroxyl groups is 1. The number of carbonyl (C=O) groups excluding carboxylic acids is 1. The lowest BCUT2D eigenvalue weighted by Crippen LogP contribution is -2.48. The molecule has 2 heterocycles. The molecular formula is C27H35FINO3Si.